The van der Waals surface area contributed by atoms with E-state index in [1.165, 1.54) is 5.56 Å². The zero-order chi connectivity index (χ0) is 10.6. The van der Waals surface area contributed by atoms with Gasteiger partial charge in [0.1, 0.15) is 0 Å². The molecule has 0 amide bonds. The minimum Gasteiger partial charge on any atom is -0.263 e. The van der Waals surface area contributed by atoms with Crippen LogP contribution in [0.5, 0.6) is 0 Å². The van der Waals surface area contributed by atoms with E-state index in [9.17, 15) is 0 Å². The molecule has 0 spiro atoms. The summed E-state index contributed by atoms with van der Waals surface area (Å²) in [5.41, 5.74) is 1.42. The summed E-state index contributed by atoms with van der Waals surface area (Å²) in [5, 5.41) is 0. The van der Waals surface area contributed by atoms with E-state index in [1.807, 2.05) is 6.20 Å². The van der Waals surface area contributed by atoms with Gasteiger partial charge in [-0.3, -0.25) is 4.98 Å². The van der Waals surface area contributed by atoms with Crippen LogP contribution in [-0.4, -0.2) is 10.9 Å². The summed E-state index contributed by atoms with van der Waals surface area (Å²) >= 11 is 9.38. The Kier molecular flexibility index (Phi) is 4.39. The average Bonchev–Trinajstić information content (AvgIpc) is 2.18. The van der Waals surface area contributed by atoms with Crippen LogP contribution in [0.1, 0.15) is 25.8 Å². The monoisotopic (exact) mass is 275 g/mol. The molecular weight excluding hydrogens is 261 g/mol. The van der Waals surface area contributed by atoms with Crippen molar-refractivity contribution in [1.82, 2.24) is 4.98 Å². The lowest BCUT2D eigenvalue weighted by Crippen LogP contribution is -2.20. The molecule has 14 heavy (non-hydrogen) atoms. The molecule has 1 atom stereocenters. The lowest BCUT2D eigenvalue weighted by atomic mass is 9.83. The van der Waals surface area contributed by atoms with Crippen LogP contribution < -0.4 is 0 Å². The van der Waals surface area contributed by atoms with E-state index >= 15 is 0 Å². The van der Waals surface area contributed by atoms with Gasteiger partial charge in [-0.25, -0.2) is 0 Å². The van der Waals surface area contributed by atoms with Gasteiger partial charge in [0, 0.05) is 22.7 Å². The highest BCUT2D eigenvalue weighted by molar-refractivity contribution is 9.10. The Morgan fingerprint density at radius 1 is 1.50 bits per heavy atom. The van der Waals surface area contributed by atoms with Gasteiger partial charge in [-0.2, -0.15) is 0 Å². The molecule has 0 bridgehead atoms. The SMILES string of the molecule is CCC(C)(CCl)Cc1cncc(Br)c1. The van der Waals surface area contributed by atoms with Crippen molar-refractivity contribution < 1.29 is 0 Å². The maximum atomic E-state index is 5.97. The van der Waals surface area contributed by atoms with E-state index in [0.717, 1.165) is 17.3 Å². The van der Waals surface area contributed by atoms with Crippen molar-refractivity contribution in [1.29, 1.82) is 0 Å². The number of hydrogen-bond donors (Lipinski definition) is 0. The van der Waals surface area contributed by atoms with Gasteiger partial charge in [-0.05, 0) is 45.8 Å². The molecule has 0 fully saturated rings. The van der Waals surface area contributed by atoms with Crippen molar-refractivity contribution in [2.45, 2.75) is 26.7 Å². The average molecular weight is 277 g/mol. The van der Waals surface area contributed by atoms with Crippen molar-refractivity contribution in [3.8, 4) is 0 Å². The van der Waals surface area contributed by atoms with Crippen molar-refractivity contribution in [3.05, 3.63) is 28.5 Å². The summed E-state index contributed by atoms with van der Waals surface area (Å²) in [4.78, 5) is 4.15. The number of nitrogens with zero attached hydrogens (tertiary/aromatic N) is 1. The topological polar surface area (TPSA) is 12.9 Å². The van der Waals surface area contributed by atoms with Crippen LogP contribution in [0.3, 0.4) is 0 Å². The first-order chi connectivity index (χ1) is 6.59. The maximum Gasteiger partial charge on any atom is 0.0410 e. The van der Waals surface area contributed by atoms with Crippen LogP contribution >= 0.6 is 27.5 Å². The molecule has 3 heteroatoms. The van der Waals surface area contributed by atoms with Crippen molar-refractivity contribution >= 4 is 27.5 Å². The fourth-order valence-corrected chi connectivity index (χ4v) is 2.01. The fourth-order valence-electron chi connectivity index (χ4n) is 1.31. The molecule has 0 aliphatic rings. The molecule has 0 aromatic carbocycles. The first kappa shape index (κ1) is 12.0. The minimum absolute atomic E-state index is 0.185. The Balaban J connectivity index is 2.77. The summed E-state index contributed by atoms with van der Waals surface area (Å²) in [6.07, 6.45) is 5.78. The van der Waals surface area contributed by atoms with E-state index in [0.29, 0.717) is 5.88 Å². The van der Waals surface area contributed by atoms with Gasteiger partial charge < -0.3 is 0 Å². The van der Waals surface area contributed by atoms with Gasteiger partial charge in [0.15, 0.2) is 0 Å². The Morgan fingerprint density at radius 2 is 2.21 bits per heavy atom. The Hall–Kier alpha value is -0.0800. The largest absolute Gasteiger partial charge is 0.263 e. The van der Waals surface area contributed by atoms with E-state index in [2.05, 4.69) is 40.8 Å². The fraction of sp³-hybridized carbons (Fsp3) is 0.545. The second-order valence-electron chi connectivity index (χ2n) is 3.99. The van der Waals surface area contributed by atoms with Gasteiger partial charge in [-0.1, -0.05) is 13.8 Å². The number of aromatic nitrogens is 1. The second-order valence-corrected chi connectivity index (χ2v) is 5.17. The summed E-state index contributed by atoms with van der Waals surface area (Å²) in [5.74, 6) is 0.690. The Morgan fingerprint density at radius 3 is 2.71 bits per heavy atom. The molecule has 0 radical (unpaired) electrons. The molecule has 1 rings (SSSR count). The first-order valence-corrected chi connectivity index (χ1v) is 6.08. The quantitative estimate of drug-likeness (QED) is 0.756. The number of halogens is 2. The predicted octanol–water partition coefficient (Wildman–Crippen LogP) is 4.04. The highest BCUT2D eigenvalue weighted by Gasteiger charge is 2.21. The molecule has 0 saturated heterocycles. The third-order valence-corrected chi connectivity index (χ3v) is 3.65. The van der Waals surface area contributed by atoms with Gasteiger partial charge in [0.2, 0.25) is 0 Å². The van der Waals surface area contributed by atoms with Crippen LogP contribution in [0, 0.1) is 5.41 Å². The molecule has 0 aliphatic carbocycles. The lowest BCUT2D eigenvalue weighted by molar-refractivity contribution is 0.355. The van der Waals surface area contributed by atoms with Gasteiger partial charge in [0.25, 0.3) is 0 Å². The van der Waals surface area contributed by atoms with Gasteiger partial charge in [-0.15, -0.1) is 11.6 Å². The molecule has 1 nitrogen and oxygen atoms in total. The van der Waals surface area contributed by atoms with Gasteiger partial charge >= 0.3 is 0 Å². The molecule has 0 N–H and O–H groups in total. The van der Waals surface area contributed by atoms with E-state index in [-0.39, 0.29) is 5.41 Å². The Labute approximate surface area is 99.0 Å². The molecule has 0 saturated carbocycles. The summed E-state index contributed by atoms with van der Waals surface area (Å²) in [6.45, 7) is 4.38. The summed E-state index contributed by atoms with van der Waals surface area (Å²) in [6, 6.07) is 2.10. The standard InChI is InChI=1S/C11H15BrClN/c1-3-11(2,8-13)5-9-4-10(12)7-14-6-9/h4,6-7H,3,5,8H2,1-2H3. The number of alkyl halides is 1. The minimum atomic E-state index is 0.185. The lowest BCUT2D eigenvalue weighted by Gasteiger charge is -2.25. The van der Waals surface area contributed by atoms with Crippen LogP contribution in [0.2, 0.25) is 0 Å². The molecule has 1 heterocycles. The predicted molar refractivity (Wildman–Crippen MR) is 64.8 cm³/mol. The third kappa shape index (κ3) is 3.25. The van der Waals surface area contributed by atoms with Crippen LogP contribution in [-0.2, 0) is 6.42 Å². The van der Waals surface area contributed by atoms with Crippen LogP contribution in [0.4, 0.5) is 0 Å². The summed E-state index contributed by atoms with van der Waals surface area (Å²) in [7, 11) is 0. The van der Waals surface area contributed by atoms with E-state index in [4.69, 9.17) is 11.6 Å². The second kappa shape index (κ2) is 5.13. The molecule has 1 aromatic heterocycles. The molecule has 0 aliphatic heterocycles. The van der Waals surface area contributed by atoms with Gasteiger partial charge in [0.05, 0.1) is 0 Å². The van der Waals surface area contributed by atoms with Crippen molar-refractivity contribution in [2.24, 2.45) is 5.41 Å². The highest BCUT2D eigenvalue weighted by atomic mass is 79.9. The van der Waals surface area contributed by atoms with Crippen LogP contribution in [0.15, 0.2) is 22.9 Å². The van der Waals surface area contributed by atoms with E-state index < -0.39 is 0 Å². The number of hydrogen-bond acceptors (Lipinski definition) is 1. The number of rotatable bonds is 4. The zero-order valence-electron chi connectivity index (χ0n) is 8.56. The van der Waals surface area contributed by atoms with Crippen molar-refractivity contribution in [3.63, 3.8) is 0 Å². The third-order valence-electron chi connectivity index (χ3n) is 2.57. The maximum absolute atomic E-state index is 5.97. The normalized spacial score (nSPS) is 15.1. The van der Waals surface area contributed by atoms with Crippen molar-refractivity contribution in [2.75, 3.05) is 5.88 Å². The zero-order valence-corrected chi connectivity index (χ0v) is 10.9. The highest BCUT2D eigenvalue weighted by Crippen LogP contribution is 2.28. The summed E-state index contributed by atoms with van der Waals surface area (Å²) < 4.78 is 1.03. The smallest absolute Gasteiger partial charge is 0.0410 e. The first-order valence-electron chi connectivity index (χ1n) is 4.75. The number of pyridine rings is 1. The molecular formula is C11H15BrClN. The van der Waals surface area contributed by atoms with E-state index in [1.54, 1.807) is 6.20 Å². The molecule has 78 valence electrons. The Bertz CT molecular complexity index is 297. The van der Waals surface area contributed by atoms with Crippen LogP contribution in [0.25, 0.3) is 0 Å². The molecule has 1 unspecified atom stereocenters. The molecule has 1 aromatic rings.